The highest BCUT2D eigenvalue weighted by Gasteiger charge is 2.06. The van der Waals surface area contributed by atoms with Crippen LogP contribution in [0.4, 0.5) is 0 Å². The van der Waals surface area contributed by atoms with E-state index in [-0.39, 0.29) is 6.54 Å². The number of benzene rings is 1. The molecule has 94 valence electrons. The summed E-state index contributed by atoms with van der Waals surface area (Å²) in [5, 5.41) is 19.8. The number of aromatic nitrogens is 4. The highest BCUT2D eigenvalue weighted by Crippen LogP contribution is 2.08. The maximum atomic E-state index is 10.4. The quantitative estimate of drug-likeness (QED) is 0.794. The van der Waals surface area contributed by atoms with Crippen LogP contribution in [0.15, 0.2) is 30.3 Å². The van der Waals surface area contributed by atoms with Gasteiger partial charge in [-0.3, -0.25) is 4.79 Å². The van der Waals surface area contributed by atoms with Crippen LogP contribution in [0.3, 0.4) is 0 Å². The molecule has 7 nitrogen and oxygen atoms in total. The molecule has 0 unspecified atom stereocenters. The molecule has 2 aromatic rings. The van der Waals surface area contributed by atoms with Gasteiger partial charge in [0, 0.05) is 6.42 Å². The molecule has 0 saturated carbocycles. The van der Waals surface area contributed by atoms with Crippen molar-refractivity contribution in [2.24, 2.45) is 0 Å². The van der Waals surface area contributed by atoms with Crippen molar-refractivity contribution in [3.8, 4) is 5.75 Å². The van der Waals surface area contributed by atoms with Crippen molar-refractivity contribution in [1.29, 1.82) is 0 Å². The molecule has 0 aliphatic carbocycles. The van der Waals surface area contributed by atoms with Crippen molar-refractivity contribution >= 4 is 5.97 Å². The minimum absolute atomic E-state index is 0.285. The predicted octanol–water partition coefficient (Wildman–Crippen LogP) is 0.379. The van der Waals surface area contributed by atoms with Gasteiger partial charge in [-0.2, -0.15) is 4.80 Å². The summed E-state index contributed by atoms with van der Waals surface area (Å²) in [6.45, 7) is 0.134. The molecule has 1 heterocycles. The van der Waals surface area contributed by atoms with E-state index in [9.17, 15) is 4.79 Å². The lowest BCUT2D eigenvalue weighted by molar-refractivity contribution is -0.138. The van der Waals surface area contributed by atoms with Gasteiger partial charge in [0.1, 0.15) is 5.75 Å². The van der Waals surface area contributed by atoms with Gasteiger partial charge in [-0.05, 0) is 17.3 Å². The fraction of sp³-hybridized carbons (Fsp3) is 0.273. The van der Waals surface area contributed by atoms with Crippen molar-refractivity contribution in [1.82, 2.24) is 20.2 Å². The van der Waals surface area contributed by atoms with Crippen molar-refractivity contribution in [2.45, 2.75) is 13.0 Å². The molecule has 2 rings (SSSR count). The lowest BCUT2D eigenvalue weighted by Gasteiger charge is -2.02. The zero-order valence-corrected chi connectivity index (χ0v) is 9.56. The summed E-state index contributed by atoms with van der Waals surface area (Å²) in [4.78, 5) is 11.5. The van der Waals surface area contributed by atoms with Gasteiger partial charge in [0.15, 0.2) is 12.4 Å². The van der Waals surface area contributed by atoms with Crippen LogP contribution >= 0.6 is 0 Å². The van der Waals surface area contributed by atoms with Crippen molar-refractivity contribution in [3.05, 3.63) is 36.2 Å². The van der Waals surface area contributed by atoms with Crippen LogP contribution in [0.2, 0.25) is 0 Å². The number of para-hydroxylation sites is 1. The molecule has 0 aliphatic heterocycles. The van der Waals surface area contributed by atoms with E-state index in [0.717, 1.165) is 10.5 Å². The SMILES string of the molecule is O=C(O)Cn1nnc(CCOc2ccccc2)n1. The summed E-state index contributed by atoms with van der Waals surface area (Å²) in [6, 6.07) is 9.39. The largest absolute Gasteiger partial charge is 0.493 e. The molecule has 0 bridgehead atoms. The highest BCUT2D eigenvalue weighted by molar-refractivity contribution is 5.66. The van der Waals surface area contributed by atoms with E-state index in [2.05, 4.69) is 15.4 Å². The molecule has 0 atom stereocenters. The number of aliphatic carboxylic acids is 1. The maximum absolute atomic E-state index is 10.4. The topological polar surface area (TPSA) is 90.1 Å². The molecule has 0 spiro atoms. The molecule has 0 aliphatic rings. The van der Waals surface area contributed by atoms with Crippen LogP contribution in [0.1, 0.15) is 5.82 Å². The average molecular weight is 248 g/mol. The smallest absolute Gasteiger partial charge is 0.327 e. The van der Waals surface area contributed by atoms with E-state index in [4.69, 9.17) is 9.84 Å². The molecule has 0 amide bonds. The molecule has 0 radical (unpaired) electrons. The minimum Gasteiger partial charge on any atom is -0.493 e. The molecule has 1 N–H and O–H groups in total. The Morgan fingerprint density at radius 2 is 2.11 bits per heavy atom. The van der Waals surface area contributed by atoms with E-state index in [1.807, 2.05) is 30.3 Å². The van der Waals surface area contributed by atoms with Crippen LogP contribution in [0.25, 0.3) is 0 Å². The number of tetrazole rings is 1. The normalized spacial score (nSPS) is 10.2. The van der Waals surface area contributed by atoms with E-state index in [1.165, 1.54) is 0 Å². The van der Waals surface area contributed by atoms with Crippen LogP contribution in [0, 0.1) is 0 Å². The second-order valence-electron chi connectivity index (χ2n) is 3.54. The summed E-state index contributed by atoms with van der Waals surface area (Å²) in [7, 11) is 0. The third kappa shape index (κ3) is 3.55. The first-order valence-corrected chi connectivity index (χ1v) is 5.40. The van der Waals surface area contributed by atoms with Gasteiger partial charge in [0.25, 0.3) is 0 Å². The third-order valence-electron chi connectivity index (χ3n) is 2.11. The van der Waals surface area contributed by atoms with Gasteiger partial charge >= 0.3 is 5.97 Å². The summed E-state index contributed by atoms with van der Waals surface area (Å²) >= 11 is 0. The fourth-order valence-electron chi connectivity index (χ4n) is 1.34. The minimum atomic E-state index is -1.00. The van der Waals surface area contributed by atoms with E-state index in [1.54, 1.807) is 0 Å². The number of hydrogen-bond donors (Lipinski definition) is 1. The standard InChI is InChI=1S/C11H12N4O3/c16-11(17)8-15-13-10(12-14-15)6-7-18-9-4-2-1-3-5-9/h1-5H,6-8H2,(H,16,17). The van der Waals surface area contributed by atoms with Gasteiger partial charge in [-0.15, -0.1) is 10.2 Å². The lowest BCUT2D eigenvalue weighted by Crippen LogP contribution is -2.12. The second kappa shape index (κ2) is 5.76. The van der Waals surface area contributed by atoms with Crippen molar-refractivity contribution in [3.63, 3.8) is 0 Å². The Kier molecular flexibility index (Phi) is 3.85. The Hall–Kier alpha value is -2.44. The number of ether oxygens (including phenoxy) is 1. The molecule has 1 aromatic carbocycles. The molecule has 0 saturated heterocycles. The Labute approximate surface area is 103 Å². The summed E-state index contributed by atoms with van der Waals surface area (Å²) in [5.74, 6) is 0.238. The Bertz CT molecular complexity index is 512. The van der Waals surface area contributed by atoms with Gasteiger partial charge in [-0.1, -0.05) is 18.2 Å². The molecular formula is C11H12N4O3. The summed E-state index contributed by atoms with van der Waals surface area (Å²) in [5.41, 5.74) is 0. The first-order chi connectivity index (χ1) is 8.74. The van der Waals surface area contributed by atoms with Crippen LogP contribution in [-0.2, 0) is 17.8 Å². The van der Waals surface area contributed by atoms with E-state index < -0.39 is 5.97 Å². The second-order valence-corrected chi connectivity index (χ2v) is 3.54. The number of nitrogens with zero attached hydrogens (tertiary/aromatic N) is 4. The van der Waals surface area contributed by atoms with Gasteiger partial charge in [0.2, 0.25) is 0 Å². The summed E-state index contributed by atoms with van der Waals surface area (Å²) in [6.07, 6.45) is 0.481. The molecule has 18 heavy (non-hydrogen) atoms. The van der Waals surface area contributed by atoms with Gasteiger partial charge < -0.3 is 9.84 Å². The first-order valence-electron chi connectivity index (χ1n) is 5.40. The number of rotatable bonds is 6. The zero-order chi connectivity index (χ0) is 12.8. The maximum Gasteiger partial charge on any atom is 0.327 e. The van der Waals surface area contributed by atoms with Crippen molar-refractivity contribution < 1.29 is 14.6 Å². The summed E-state index contributed by atoms with van der Waals surface area (Å²) < 4.78 is 5.47. The Morgan fingerprint density at radius 1 is 1.33 bits per heavy atom. The van der Waals surface area contributed by atoms with Crippen LogP contribution in [0.5, 0.6) is 5.75 Å². The molecule has 0 fully saturated rings. The van der Waals surface area contributed by atoms with E-state index >= 15 is 0 Å². The van der Waals surface area contributed by atoms with Gasteiger partial charge in [0.05, 0.1) is 6.61 Å². The van der Waals surface area contributed by atoms with Crippen LogP contribution < -0.4 is 4.74 Å². The van der Waals surface area contributed by atoms with Crippen LogP contribution in [-0.4, -0.2) is 37.9 Å². The number of carboxylic acid groups (broad SMARTS) is 1. The molecule has 1 aromatic heterocycles. The zero-order valence-electron chi connectivity index (χ0n) is 9.56. The first kappa shape index (κ1) is 12.0. The predicted molar refractivity (Wildman–Crippen MR) is 61.1 cm³/mol. The highest BCUT2D eigenvalue weighted by atomic mass is 16.5. The number of carboxylic acids is 1. The number of carbonyl (C=O) groups is 1. The third-order valence-corrected chi connectivity index (χ3v) is 2.11. The Morgan fingerprint density at radius 3 is 2.83 bits per heavy atom. The monoisotopic (exact) mass is 248 g/mol. The number of hydrogen-bond acceptors (Lipinski definition) is 5. The van der Waals surface area contributed by atoms with Crippen molar-refractivity contribution in [2.75, 3.05) is 6.61 Å². The fourth-order valence-corrected chi connectivity index (χ4v) is 1.34. The van der Waals surface area contributed by atoms with Gasteiger partial charge in [-0.25, -0.2) is 0 Å². The molecular weight excluding hydrogens is 236 g/mol. The average Bonchev–Trinajstić information content (AvgIpc) is 2.77. The molecule has 7 heteroatoms. The van der Waals surface area contributed by atoms with E-state index in [0.29, 0.717) is 18.9 Å². The Balaban J connectivity index is 1.80. The lowest BCUT2D eigenvalue weighted by atomic mass is 10.3.